The Morgan fingerprint density at radius 3 is 3.00 bits per heavy atom. The molecule has 0 saturated carbocycles. The van der Waals surface area contributed by atoms with Gasteiger partial charge in [-0.05, 0) is 38.2 Å². The minimum absolute atomic E-state index is 0.158. The minimum Gasteiger partial charge on any atom is -0.464 e. The number of benzene rings is 1. The zero-order valence-corrected chi connectivity index (χ0v) is 8.01. The van der Waals surface area contributed by atoms with Gasteiger partial charge in [0.25, 0.3) is 0 Å². The van der Waals surface area contributed by atoms with Gasteiger partial charge in [-0.15, -0.1) is 0 Å². The highest BCUT2D eigenvalue weighted by Gasteiger charge is 2.08. The molecule has 0 aliphatic heterocycles. The summed E-state index contributed by atoms with van der Waals surface area (Å²) < 4.78 is 18.7. The van der Waals surface area contributed by atoms with Gasteiger partial charge in [0, 0.05) is 10.9 Å². The van der Waals surface area contributed by atoms with Crippen LogP contribution in [0.1, 0.15) is 5.56 Å². The molecule has 0 amide bonds. The van der Waals surface area contributed by atoms with Gasteiger partial charge in [0.15, 0.2) is 0 Å². The van der Waals surface area contributed by atoms with Crippen LogP contribution in [0, 0.1) is 5.82 Å². The Morgan fingerprint density at radius 2 is 2.21 bits per heavy atom. The lowest BCUT2D eigenvalue weighted by Gasteiger charge is -2.03. The van der Waals surface area contributed by atoms with E-state index in [1.165, 1.54) is 6.07 Å². The summed E-state index contributed by atoms with van der Waals surface area (Å²) in [4.78, 5) is 0. The van der Waals surface area contributed by atoms with Gasteiger partial charge in [0.05, 0.1) is 6.26 Å². The second-order valence-electron chi connectivity index (χ2n) is 3.21. The molecule has 0 unspecified atom stereocenters. The average Bonchev–Trinajstić information content (AvgIpc) is 2.64. The molecule has 0 fully saturated rings. The molecule has 2 rings (SSSR count). The minimum atomic E-state index is -0.158. The van der Waals surface area contributed by atoms with Gasteiger partial charge in [-0.3, -0.25) is 0 Å². The maximum Gasteiger partial charge on any atom is 0.134 e. The molecule has 1 aromatic heterocycles. The highest BCUT2D eigenvalue weighted by Crippen LogP contribution is 2.22. The molecule has 74 valence electrons. The third kappa shape index (κ3) is 1.51. The van der Waals surface area contributed by atoms with Crippen LogP contribution in [0.4, 0.5) is 4.39 Å². The monoisotopic (exact) mass is 193 g/mol. The van der Waals surface area contributed by atoms with Crippen molar-refractivity contribution in [3.8, 4) is 0 Å². The summed E-state index contributed by atoms with van der Waals surface area (Å²) in [5, 5.41) is 3.88. The van der Waals surface area contributed by atoms with Crippen molar-refractivity contribution < 1.29 is 8.81 Å². The molecule has 0 aliphatic carbocycles. The van der Waals surface area contributed by atoms with Crippen LogP contribution in [0.2, 0.25) is 0 Å². The van der Waals surface area contributed by atoms with E-state index >= 15 is 0 Å². The summed E-state index contributed by atoms with van der Waals surface area (Å²) in [6, 6.07) is 4.92. The van der Waals surface area contributed by atoms with E-state index in [1.54, 1.807) is 12.3 Å². The highest BCUT2D eigenvalue weighted by molar-refractivity contribution is 5.81. The number of rotatable bonds is 3. The second-order valence-corrected chi connectivity index (χ2v) is 3.21. The van der Waals surface area contributed by atoms with Crippen molar-refractivity contribution in [1.82, 2.24) is 5.32 Å². The number of nitrogens with one attached hydrogen (secondary N) is 1. The molecule has 3 heteroatoms. The van der Waals surface area contributed by atoms with Crippen molar-refractivity contribution in [2.75, 3.05) is 13.6 Å². The number of furan rings is 1. The Bertz CT molecular complexity index is 436. The molecule has 0 radical (unpaired) electrons. The quantitative estimate of drug-likeness (QED) is 0.809. The molecule has 0 bridgehead atoms. The van der Waals surface area contributed by atoms with Gasteiger partial charge in [0.2, 0.25) is 0 Å². The van der Waals surface area contributed by atoms with Crippen molar-refractivity contribution in [3.05, 3.63) is 35.8 Å². The summed E-state index contributed by atoms with van der Waals surface area (Å²) in [6.07, 6.45) is 2.27. The van der Waals surface area contributed by atoms with E-state index in [-0.39, 0.29) is 5.82 Å². The summed E-state index contributed by atoms with van der Waals surface area (Å²) in [6.45, 7) is 0.765. The maximum atomic E-state index is 13.5. The molecule has 0 spiro atoms. The molecular weight excluding hydrogens is 181 g/mol. The number of hydrogen-bond donors (Lipinski definition) is 1. The second kappa shape index (κ2) is 3.80. The number of fused-ring (bicyclic) bond motifs is 1. The Balaban J connectivity index is 2.47. The van der Waals surface area contributed by atoms with E-state index in [0.29, 0.717) is 6.42 Å². The lowest BCUT2D eigenvalue weighted by Crippen LogP contribution is -2.11. The van der Waals surface area contributed by atoms with E-state index in [2.05, 4.69) is 5.32 Å². The first-order valence-corrected chi connectivity index (χ1v) is 4.62. The van der Waals surface area contributed by atoms with Crippen molar-refractivity contribution >= 4 is 11.0 Å². The third-order valence-corrected chi connectivity index (χ3v) is 2.31. The molecule has 0 saturated heterocycles. The van der Waals surface area contributed by atoms with Crippen LogP contribution in [0.3, 0.4) is 0 Å². The molecule has 0 atom stereocenters. The largest absolute Gasteiger partial charge is 0.464 e. The first kappa shape index (κ1) is 9.21. The fourth-order valence-electron chi connectivity index (χ4n) is 1.58. The normalized spacial score (nSPS) is 11.0. The van der Waals surface area contributed by atoms with Crippen LogP contribution in [-0.2, 0) is 6.42 Å². The van der Waals surface area contributed by atoms with Gasteiger partial charge < -0.3 is 9.73 Å². The van der Waals surface area contributed by atoms with Gasteiger partial charge in [-0.25, -0.2) is 4.39 Å². The Morgan fingerprint density at radius 1 is 1.36 bits per heavy atom. The topological polar surface area (TPSA) is 25.2 Å². The van der Waals surface area contributed by atoms with Crippen molar-refractivity contribution in [1.29, 1.82) is 0 Å². The van der Waals surface area contributed by atoms with Crippen LogP contribution in [0.15, 0.2) is 28.9 Å². The first-order chi connectivity index (χ1) is 6.83. The molecule has 0 aliphatic rings. The number of halogens is 1. The van der Waals surface area contributed by atoms with E-state index in [4.69, 9.17) is 4.42 Å². The maximum absolute atomic E-state index is 13.5. The average molecular weight is 193 g/mol. The number of likely N-dealkylation sites (N-methyl/N-ethyl adjacent to an activating group) is 1. The fraction of sp³-hybridized carbons (Fsp3) is 0.273. The summed E-state index contributed by atoms with van der Waals surface area (Å²) in [5.41, 5.74) is 1.48. The van der Waals surface area contributed by atoms with Crippen molar-refractivity contribution in [2.24, 2.45) is 0 Å². The standard InChI is InChI=1S/C11H12FNO/c1-13-6-4-8-9-5-7-14-11(9)3-2-10(8)12/h2-3,5,7,13H,4,6H2,1H3. The SMILES string of the molecule is CNCCc1c(F)ccc2occc12. The molecule has 14 heavy (non-hydrogen) atoms. The molecule has 1 N–H and O–H groups in total. The van der Waals surface area contributed by atoms with Crippen molar-refractivity contribution in [2.45, 2.75) is 6.42 Å². The van der Waals surface area contributed by atoms with Crippen LogP contribution in [0.5, 0.6) is 0 Å². The summed E-state index contributed by atoms with van der Waals surface area (Å²) >= 11 is 0. The van der Waals surface area contributed by atoms with Gasteiger partial charge in [-0.1, -0.05) is 0 Å². The number of hydrogen-bond acceptors (Lipinski definition) is 2. The van der Waals surface area contributed by atoms with Gasteiger partial charge in [0.1, 0.15) is 11.4 Å². The van der Waals surface area contributed by atoms with Gasteiger partial charge >= 0.3 is 0 Å². The van der Waals surface area contributed by atoms with Gasteiger partial charge in [-0.2, -0.15) is 0 Å². The summed E-state index contributed by atoms with van der Waals surface area (Å²) in [7, 11) is 1.85. The lowest BCUT2D eigenvalue weighted by atomic mass is 10.1. The third-order valence-electron chi connectivity index (χ3n) is 2.31. The fourth-order valence-corrected chi connectivity index (χ4v) is 1.58. The smallest absolute Gasteiger partial charge is 0.134 e. The Hall–Kier alpha value is -1.35. The van der Waals surface area contributed by atoms with Crippen molar-refractivity contribution in [3.63, 3.8) is 0 Å². The Kier molecular flexibility index (Phi) is 2.50. The molecular formula is C11H12FNO. The zero-order chi connectivity index (χ0) is 9.97. The van der Waals surface area contributed by atoms with E-state index in [0.717, 1.165) is 23.1 Å². The van der Waals surface area contributed by atoms with E-state index in [9.17, 15) is 4.39 Å². The molecule has 2 aromatic rings. The van der Waals surface area contributed by atoms with Crippen LogP contribution in [0.25, 0.3) is 11.0 Å². The molecule has 2 nitrogen and oxygen atoms in total. The Labute approximate surface area is 81.7 Å². The lowest BCUT2D eigenvalue weighted by molar-refractivity contribution is 0.599. The van der Waals surface area contributed by atoms with Crippen LogP contribution >= 0.6 is 0 Å². The predicted molar refractivity (Wildman–Crippen MR) is 53.8 cm³/mol. The predicted octanol–water partition coefficient (Wildman–Crippen LogP) is 2.33. The molecule has 1 aromatic carbocycles. The van der Waals surface area contributed by atoms with E-state index in [1.807, 2.05) is 13.1 Å². The summed E-state index contributed by atoms with van der Waals surface area (Å²) in [5.74, 6) is -0.158. The highest BCUT2D eigenvalue weighted by atomic mass is 19.1. The molecule has 1 heterocycles. The van der Waals surface area contributed by atoms with Crippen LogP contribution in [-0.4, -0.2) is 13.6 Å². The van der Waals surface area contributed by atoms with E-state index < -0.39 is 0 Å². The zero-order valence-electron chi connectivity index (χ0n) is 8.01. The van der Waals surface area contributed by atoms with Crippen LogP contribution < -0.4 is 5.32 Å². The first-order valence-electron chi connectivity index (χ1n) is 4.62.